The highest BCUT2D eigenvalue weighted by Crippen LogP contribution is 2.10. The maximum Gasteiger partial charge on any atom is 0.316 e. The highest BCUT2D eigenvalue weighted by atomic mass is 35.5. The van der Waals surface area contributed by atoms with Crippen molar-refractivity contribution in [3.05, 3.63) is 35.9 Å². The summed E-state index contributed by atoms with van der Waals surface area (Å²) in [6.45, 7) is 0.375. The second kappa shape index (κ2) is 6.70. The minimum absolute atomic E-state index is 0.343. The van der Waals surface area contributed by atoms with Gasteiger partial charge in [0.2, 0.25) is 0 Å². The molecule has 1 aromatic carbocycles. The Balaban J connectivity index is 2.57. The number of halogens is 1. The number of amides is 2. The van der Waals surface area contributed by atoms with Gasteiger partial charge in [-0.2, -0.15) is 5.26 Å². The number of nitrogens with zero attached hydrogens (tertiary/aromatic N) is 1. The predicted molar refractivity (Wildman–Crippen MR) is 62.1 cm³/mol. The first-order valence-corrected chi connectivity index (χ1v) is 5.36. The molecule has 1 atom stereocenters. The summed E-state index contributed by atoms with van der Waals surface area (Å²) >= 11 is 5.43. The Morgan fingerprint density at radius 3 is 2.69 bits per heavy atom. The normalized spacial score (nSPS) is 11.2. The van der Waals surface area contributed by atoms with E-state index in [1.54, 1.807) is 12.1 Å². The Labute approximate surface area is 99.2 Å². The van der Waals surface area contributed by atoms with Crippen LogP contribution in [0.25, 0.3) is 0 Å². The fraction of sp³-hybridized carbons (Fsp3) is 0.273. The van der Waals surface area contributed by atoms with Gasteiger partial charge in [-0.1, -0.05) is 30.3 Å². The van der Waals surface area contributed by atoms with Crippen molar-refractivity contribution in [3.63, 3.8) is 0 Å². The summed E-state index contributed by atoms with van der Waals surface area (Å²) < 4.78 is 0. The van der Waals surface area contributed by atoms with Gasteiger partial charge in [0, 0.05) is 12.4 Å². The molecule has 0 heterocycles. The van der Waals surface area contributed by atoms with Crippen LogP contribution in [-0.4, -0.2) is 18.5 Å². The molecule has 0 aliphatic heterocycles. The molecule has 2 amide bonds. The molecule has 1 aromatic rings. The quantitative estimate of drug-likeness (QED) is 0.785. The molecule has 0 bridgehead atoms. The molecule has 4 nitrogen and oxygen atoms in total. The first kappa shape index (κ1) is 12.3. The van der Waals surface area contributed by atoms with E-state index in [0.717, 1.165) is 5.56 Å². The van der Waals surface area contributed by atoms with Crippen molar-refractivity contribution < 1.29 is 4.79 Å². The summed E-state index contributed by atoms with van der Waals surface area (Å²) in [6, 6.07) is 10.0. The minimum atomic E-state index is -0.642. The van der Waals surface area contributed by atoms with Gasteiger partial charge < -0.3 is 10.6 Å². The number of benzene rings is 1. The lowest BCUT2D eigenvalue weighted by Crippen LogP contribution is -2.38. The van der Waals surface area contributed by atoms with E-state index >= 15 is 0 Å². The molecular weight excluding hydrogens is 226 g/mol. The van der Waals surface area contributed by atoms with E-state index in [4.69, 9.17) is 16.9 Å². The number of rotatable bonds is 4. The molecule has 0 aliphatic rings. The molecule has 0 unspecified atom stereocenters. The number of nitrogens with one attached hydrogen (secondary N) is 2. The zero-order valence-electron chi connectivity index (χ0n) is 8.61. The van der Waals surface area contributed by atoms with Crippen LogP contribution in [0.15, 0.2) is 30.3 Å². The predicted octanol–water partition coefficient (Wildman–Crippen LogP) is 1.79. The van der Waals surface area contributed by atoms with Gasteiger partial charge in [-0.05, 0) is 5.56 Å². The van der Waals surface area contributed by atoms with Crippen molar-refractivity contribution >= 4 is 17.6 Å². The van der Waals surface area contributed by atoms with E-state index in [2.05, 4.69) is 10.6 Å². The maximum atomic E-state index is 11.3. The first-order chi connectivity index (χ1) is 7.77. The number of nitriles is 1. The molecule has 0 radical (unpaired) electrons. The zero-order chi connectivity index (χ0) is 11.8. The summed E-state index contributed by atoms with van der Waals surface area (Å²) in [4.78, 5) is 11.3. The lowest BCUT2D eigenvalue weighted by Gasteiger charge is -2.12. The Bertz CT molecular complexity index is 375. The number of carbonyl (C=O) groups is 1. The average molecular weight is 238 g/mol. The van der Waals surface area contributed by atoms with E-state index < -0.39 is 12.1 Å². The second-order valence-electron chi connectivity index (χ2n) is 3.06. The van der Waals surface area contributed by atoms with Gasteiger partial charge in [0.25, 0.3) is 0 Å². The van der Waals surface area contributed by atoms with Crippen LogP contribution in [0.4, 0.5) is 4.79 Å². The van der Waals surface area contributed by atoms with E-state index in [-0.39, 0.29) is 0 Å². The summed E-state index contributed by atoms with van der Waals surface area (Å²) in [5, 5.41) is 14.0. The molecule has 0 aliphatic carbocycles. The monoisotopic (exact) mass is 237 g/mol. The average Bonchev–Trinajstić information content (AvgIpc) is 2.34. The first-order valence-electron chi connectivity index (χ1n) is 4.83. The van der Waals surface area contributed by atoms with Crippen LogP contribution in [0.5, 0.6) is 0 Å². The van der Waals surface area contributed by atoms with Gasteiger partial charge in [0.15, 0.2) is 0 Å². The van der Waals surface area contributed by atoms with Crippen LogP contribution in [0, 0.1) is 11.3 Å². The van der Waals surface area contributed by atoms with Crippen molar-refractivity contribution in [2.24, 2.45) is 0 Å². The van der Waals surface area contributed by atoms with Crippen molar-refractivity contribution in [1.29, 1.82) is 5.26 Å². The van der Waals surface area contributed by atoms with Crippen LogP contribution >= 0.6 is 11.6 Å². The zero-order valence-corrected chi connectivity index (χ0v) is 9.37. The van der Waals surface area contributed by atoms with Crippen LogP contribution < -0.4 is 10.6 Å². The van der Waals surface area contributed by atoms with Crippen molar-refractivity contribution in [2.75, 3.05) is 12.4 Å². The Hall–Kier alpha value is -1.73. The number of carbonyl (C=O) groups excluding carboxylic acids is 1. The number of urea groups is 1. The summed E-state index contributed by atoms with van der Waals surface area (Å²) in [7, 11) is 0. The molecule has 5 heteroatoms. The lowest BCUT2D eigenvalue weighted by molar-refractivity contribution is 0.240. The van der Waals surface area contributed by atoms with E-state index in [1.165, 1.54) is 0 Å². The van der Waals surface area contributed by atoms with E-state index in [9.17, 15) is 4.79 Å². The largest absolute Gasteiger partial charge is 0.337 e. The molecular formula is C11H12ClN3O. The fourth-order valence-electron chi connectivity index (χ4n) is 1.18. The third-order valence-electron chi connectivity index (χ3n) is 1.92. The van der Waals surface area contributed by atoms with Gasteiger partial charge in [-0.15, -0.1) is 11.6 Å². The minimum Gasteiger partial charge on any atom is -0.337 e. The van der Waals surface area contributed by atoms with Crippen LogP contribution in [0.3, 0.4) is 0 Å². The lowest BCUT2D eigenvalue weighted by atomic mass is 10.1. The van der Waals surface area contributed by atoms with Gasteiger partial charge >= 0.3 is 6.03 Å². The van der Waals surface area contributed by atoms with Crippen LogP contribution in [0.2, 0.25) is 0 Å². The van der Waals surface area contributed by atoms with Crippen LogP contribution in [0.1, 0.15) is 11.6 Å². The number of hydrogen-bond donors (Lipinski definition) is 2. The van der Waals surface area contributed by atoms with Crippen molar-refractivity contribution in [3.8, 4) is 6.07 Å². The number of hydrogen-bond acceptors (Lipinski definition) is 2. The van der Waals surface area contributed by atoms with E-state index in [1.807, 2.05) is 24.3 Å². The topological polar surface area (TPSA) is 64.9 Å². The standard InChI is InChI=1S/C11H12ClN3O/c12-6-7-14-11(16)15-10(8-13)9-4-2-1-3-5-9/h1-5,10H,6-7H2,(H2,14,15,16)/t10-/m1/s1. The highest BCUT2D eigenvalue weighted by molar-refractivity contribution is 6.18. The Morgan fingerprint density at radius 1 is 1.44 bits per heavy atom. The third kappa shape index (κ3) is 3.79. The molecule has 1 rings (SSSR count). The van der Waals surface area contributed by atoms with Crippen molar-refractivity contribution in [2.45, 2.75) is 6.04 Å². The molecule has 0 saturated heterocycles. The molecule has 0 spiro atoms. The van der Waals surface area contributed by atoms with Gasteiger partial charge in [0.05, 0.1) is 6.07 Å². The molecule has 0 fully saturated rings. The maximum absolute atomic E-state index is 11.3. The highest BCUT2D eigenvalue weighted by Gasteiger charge is 2.12. The molecule has 84 valence electrons. The van der Waals surface area contributed by atoms with Crippen LogP contribution in [-0.2, 0) is 0 Å². The summed E-state index contributed by atoms with van der Waals surface area (Å²) in [6.07, 6.45) is 0. The number of alkyl halides is 1. The van der Waals surface area contributed by atoms with Gasteiger partial charge in [0.1, 0.15) is 6.04 Å². The van der Waals surface area contributed by atoms with Gasteiger partial charge in [-0.3, -0.25) is 0 Å². The molecule has 2 N–H and O–H groups in total. The Morgan fingerprint density at radius 2 is 2.12 bits per heavy atom. The fourth-order valence-corrected chi connectivity index (χ4v) is 1.27. The third-order valence-corrected chi connectivity index (χ3v) is 2.11. The SMILES string of the molecule is N#C[C@@H](NC(=O)NCCCl)c1ccccc1. The Kier molecular flexibility index (Phi) is 5.17. The molecule has 0 aromatic heterocycles. The summed E-state index contributed by atoms with van der Waals surface area (Å²) in [5.74, 6) is 0.343. The van der Waals surface area contributed by atoms with E-state index in [0.29, 0.717) is 12.4 Å². The van der Waals surface area contributed by atoms with Gasteiger partial charge in [-0.25, -0.2) is 4.79 Å². The summed E-state index contributed by atoms with van der Waals surface area (Å²) in [5.41, 5.74) is 0.756. The molecule has 0 saturated carbocycles. The molecule has 16 heavy (non-hydrogen) atoms. The van der Waals surface area contributed by atoms with Crippen molar-refractivity contribution in [1.82, 2.24) is 10.6 Å². The second-order valence-corrected chi connectivity index (χ2v) is 3.44. The smallest absolute Gasteiger partial charge is 0.316 e.